The molecule has 0 amide bonds. The molecule has 2 rings (SSSR count). The second-order valence-electron chi connectivity index (χ2n) is 6.13. The van der Waals surface area contributed by atoms with Gasteiger partial charge in [-0.25, -0.2) is 0 Å². The largest absolute Gasteiger partial charge is 0.307 e. The topological polar surface area (TPSA) is 12.0 Å². The fraction of sp³-hybridized carbons (Fsp3) is 0.600. The lowest BCUT2D eigenvalue weighted by Gasteiger charge is -2.35. The normalized spacial score (nSPS) is 21.5. The molecule has 2 unspecified atom stereocenters. The number of thioether (sulfide) groups is 1. The summed E-state index contributed by atoms with van der Waals surface area (Å²) in [5.41, 5.74) is 1.65. The minimum absolute atomic E-state index is 0.281. The molecule has 0 aromatic heterocycles. The third-order valence-electron chi connectivity index (χ3n) is 3.76. The summed E-state index contributed by atoms with van der Waals surface area (Å²) >= 11 is 8.07. The molecule has 18 heavy (non-hydrogen) atoms. The SMILES string of the molecule is CC(NC1CCSc2ccc(Cl)cc21)C(C)(C)C. The quantitative estimate of drug-likeness (QED) is 0.828. The maximum absolute atomic E-state index is 6.13. The van der Waals surface area contributed by atoms with Crippen LogP contribution < -0.4 is 5.32 Å². The van der Waals surface area contributed by atoms with Gasteiger partial charge in [0.15, 0.2) is 0 Å². The predicted octanol–water partition coefficient (Wildman–Crippen LogP) is 4.90. The Morgan fingerprint density at radius 1 is 1.39 bits per heavy atom. The van der Waals surface area contributed by atoms with Crippen LogP contribution in [0.4, 0.5) is 0 Å². The predicted molar refractivity (Wildman–Crippen MR) is 81.6 cm³/mol. The molecule has 2 atom stereocenters. The molecule has 0 fully saturated rings. The molecule has 0 saturated carbocycles. The lowest BCUT2D eigenvalue weighted by Crippen LogP contribution is -2.40. The molecule has 1 aromatic rings. The van der Waals surface area contributed by atoms with Gasteiger partial charge in [-0.1, -0.05) is 32.4 Å². The van der Waals surface area contributed by atoms with Gasteiger partial charge in [0.1, 0.15) is 0 Å². The summed E-state index contributed by atoms with van der Waals surface area (Å²) in [5, 5.41) is 4.61. The van der Waals surface area contributed by atoms with E-state index < -0.39 is 0 Å². The maximum atomic E-state index is 6.13. The molecule has 1 aliphatic heterocycles. The first kappa shape index (κ1) is 14.2. The van der Waals surface area contributed by atoms with E-state index in [1.807, 2.05) is 17.8 Å². The highest BCUT2D eigenvalue weighted by Gasteiger charge is 2.26. The van der Waals surface area contributed by atoms with E-state index in [-0.39, 0.29) is 5.41 Å². The van der Waals surface area contributed by atoms with Crippen LogP contribution >= 0.6 is 23.4 Å². The zero-order valence-corrected chi connectivity index (χ0v) is 13.2. The highest BCUT2D eigenvalue weighted by molar-refractivity contribution is 7.99. The summed E-state index contributed by atoms with van der Waals surface area (Å²) in [6, 6.07) is 7.18. The van der Waals surface area contributed by atoms with Crippen LogP contribution in [0.25, 0.3) is 0 Å². The zero-order chi connectivity index (χ0) is 13.3. The number of fused-ring (bicyclic) bond motifs is 1. The summed E-state index contributed by atoms with van der Waals surface area (Å²) < 4.78 is 0. The fourth-order valence-electron chi connectivity index (χ4n) is 2.09. The van der Waals surface area contributed by atoms with E-state index in [4.69, 9.17) is 11.6 Å². The van der Waals surface area contributed by atoms with E-state index in [9.17, 15) is 0 Å². The number of hydrogen-bond donors (Lipinski definition) is 1. The van der Waals surface area contributed by atoms with Crippen molar-refractivity contribution in [1.29, 1.82) is 0 Å². The third kappa shape index (κ3) is 3.23. The first-order valence-corrected chi connectivity index (χ1v) is 7.92. The van der Waals surface area contributed by atoms with Crippen LogP contribution in [0.1, 0.15) is 45.7 Å². The third-order valence-corrected chi connectivity index (χ3v) is 5.12. The van der Waals surface area contributed by atoms with Crippen LogP contribution in [-0.4, -0.2) is 11.8 Å². The summed E-state index contributed by atoms with van der Waals surface area (Å²) in [6.45, 7) is 9.11. The first-order chi connectivity index (χ1) is 8.38. The molecule has 0 bridgehead atoms. The van der Waals surface area contributed by atoms with Crippen molar-refractivity contribution in [3.8, 4) is 0 Å². The average Bonchev–Trinajstić information content (AvgIpc) is 2.28. The zero-order valence-electron chi connectivity index (χ0n) is 11.6. The van der Waals surface area contributed by atoms with Crippen molar-refractivity contribution in [3.63, 3.8) is 0 Å². The Bertz CT molecular complexity index is 425. The van der Waals surface area contributed by atoms with Gasteiger partial charge in [0, 0.05) is 22.0 Å². The standard InChI is InChI=1S/C15H22ClNS/c1-10(15(2,3)4)17-13-7-8-18-14-6-5-11(16)9-12(13)14/h5-6,9-10,13,17H,7-8H2,1-4H3. The summed E-state index contributed by atoms with van der Waals surface area (Å²) in [6.07, 6.45) is 1.18. The number of nitrogens with one attached hydrogen (secondary N) is 1. The van der Waals surface area contributed by atoms with Crippen molar-refractivity contribution in [2.24, 2.45) is 5.41 Å². The van der Waals surface area contributed by atoms with E-state index in [0.29, 0.717) is 12.1 Å². The van der Waals surface area contributed by atoms with Crippen LogP contribution in [0.2, 0.25) is 5.02 Å². The van der Waals surface area contributed by atoms with Gasteiger partial charge in [-0.2, -0.15) is 0 Å². The molecule has 1 heterocycles. The lowest BCUT2D eigenvalue weighted by molar-refractivity contribution is 0.259. The van der Waals surface area contributed by atoms with Gasteiger partial charge >= 0.3 is 0 Å². The lowest BCUT2D eigenvalue weighted by atomic mass is 9.87. The minimum Gasteiger partial charge on any atom is -0.307 e. The molecular weight excluding hydrogens is 262 g/mol. The fourth-order valence-corrected chi connectivity index (χ4v) is 3.38. The Morgan fingerprint density at radius 3 is 2.78 bits per heavy atom. The van der Waals surface area contributed by atoms with Crippen molar-refractivity contribution in [1.82, 2.24) is 5.32 Å². The molecule has 3 heteroatoms. The Hall–Kier alpha value is -0.180. The summed E-state index contributed by atoms with van der Waals surface area (Å²) in [5.74, 6) is 1.18. The molecule has 1 aromatic carbocycles. The molecule has 1 N–H and O–H groups in total. The first-order valence-electron chi connectivity index (χ1n) is 6.56. The van der Waals surface area contributed by atoms with Gasteiger partial charge in [-0.3, -0.25) is 0 Å². The van der Waals surface area contributed by atoms with Crippen molar-refractivity contribution in [2.45, 2.75) is 51.1 Å². The summed E-state index contributed by atoms with van der Waals surface area (Å²) in [7, 11) is 0. The molecular formula is C15H22ClNS. The monoisotopic (exact) mass is 283 g/mol. The minimum atomic E-state index is 0.281. The average molecular weight is 284 g/mol. The second-order valence-corrected chi connectivity index (χ2v) is 7.70. The van der Waals surface area contributed by atoms with Crippen molar-refractivity contribution in [2.75, 3.05) is 5.75 Å². The van der Waals surface area contributed by atoms with E-state index >= 15 is 0 Å². The van der Waals surface area contributed by atoms with Crippen LogP contribution in [-0.2, 0) is 0 Å². The van der Waals surface area contributed by atoms with Gasteiger partial charge in [-0.05, 0) is 48.3 Å². The van der Waals surface area contributed by atoms with Gasteiger partial charge in [0.25, 0.3) is 0 Å². The molecule has 0 radical (unpaired) electrons. The van der Waals surface area contributed by atoms with Gasteiger partial charge in [0.2, 0.25) is 0 Å². The van der Waals surface area contributed by atoms with E-state index in [0.717, 1.165) is 5.02 Å². The van der Waals surface area contributed by atoms with Crippen LogP contribution in [0.3, 0.4) is 0 Å². The smallest absolute Gasteiger partial charge is 0.0410 e. The Kier molecular flexibility index (Phi) is 4.30. The Balaban J connectivity index is 2.20. The van der Waals surface area contributed by atoms with Crippen LogP contribution in [0.15, 0.2) is 23.1 Å². The van der Waals surface area contributed by atoms with Gasteiger partial charge in [0.05, 0.1) is 0 Å². The van der Waals surface area contributed by atoms with E-state index in [2.05, 4.69) is 45.1 Å². The van der Waals surface area contributed by atoms with Gasteiger partial charge < -0.3 is 5.32 Å². The summed E-state index contributed by atoms with van der Waals surface area (Å²) in [4.78, 5) is 1.38. The molecule has 0 saturated heterocycles. The maximum Gasteiger partial charge on any atom is 0.0410 e. The molecule has 1 aliphatic rings. The number of halogens is 1. The Labute approximate surface area is 120 Å². The molecule has 100 valence electrons. The molecule has 0 spiro atoms. The molecule has 0 aliphatic carbocycles. The second kappa shape index (κ2) is 5.44. The highest BCUT2D eigenvalue weighted by atomic mass is 35.5. The van der Waals surface area contributed by atoms with Gasteiger partial charge in [-0.15, -0.1) is 11.8 Å². The number of rotatable bonds is 2. The highest BCUT2D eigenvalue weighted by Crippen LogP contribution is 2.38. The van der Waals surface area contributed by atoms with Crippen LogP contribution in [0, 0.1) is 5.41 Å². The van der Waals surface area contributed by atoms with Crippen molar-refractivity contribution < 1.29 is 0 Å². The van der Waals surface area contributed by atoms with Crippen molar-refractivity contribution in [3.05, 3.63) is 28.8 Å². The Morgan fingerprint density at radius 2 is 2.11 bits per heavy atom. The van der Waals surface area contributed by atoms with Crippen molar-refractivity contribution >= 4 is 23.4 Å². The van der Waals surface area contributed by atoms with E-state index in [1.165, 1.54) is 22.6 Å². The number of benzene rings is 1. The molecule has 1 nitrogen and oxygen atoms in total. The van der Waals surface area contributed by atoms with Crippen LogP contribution in [0.5, 0.6) is 0 Å². The van der Waals surface area contributed by atoms with E-state index in [1.54, 1.807) is 0 Å². The number of hydrogen-bond acceptors (Lipinski definition) is 2.